The van der Waals surface area contributed by atoms with Crippen LogP contribution in [-0.2, 0) is 92.2 Å². The molecule has 20 nitrogen and oxygen atoms in total. The number of benzene rings is 1. The lowest BCUT2D eigenvalue weighted by Crippen LogP contribution is -2.65. The van der Waals surface area contributed by atoms with E-state index >= 15 is 0 Å². The number of nitrogens with one attached hydrogen (secondary N) is 1. The highest BCUT2D eigenvalue weighted by Crippen LogP contribution is 2.36. The molecule has 318 valence electrons. The predicted molar refractivity (Wildman–Crippen MR) is 188 cm³/mol. The van der Waals surface area contributed by atoms with Crippen molar-refractivity contribution in [2.45, 2.75) is 110 Å². The Morgan fingerprint density at radius 3 is 1.72 bits per heavy atom. The van der Waals surface area contributed by atoms with Gasteiger partial charge in [-0.2, -0.15) is 0 Å². The van der Waals surface area contributed by atoms with Crippen molar-refractivity contribution >= 4 is 41.9 Å². The SMILES string of the molecule is CC(=O)OC[C@@H]1O[C@H](OCCOCCNC(=O)OCc2ccccc2)[C@@H](O[C@H]2O[C@H](COC(C)=O)[C@@H](OC(C)=O)[C@H](OC(C)=O)[C@@H]2OC(C)=O)[C@@H](OC(C)=O)[C@@H]1C. The van der Waals surface area contributed by atoms with Gasteiger partial charge in [-0.3, -0.25) is 28.8 Å². The molecule has 1 aromatic carbocycles. The lowest BCUT2D eigenvalue weighted by molar-refractivity contribution is -0.364. The van der Waals surface area contributed by atoms with Gasteiger partial charge in [0.25, 0.3) is 0 Å². The number of esters is 6. The summed E-state index contributed by atoms with van der Waals surface area (Å²) in [4.78, 5) is 85.0. The second kappa shape index (κ2) is 23.4. The van der Waals surface area contributed by atoms with E-state index in [1.807, 2.05) is 30.3 Å². The van der Waals surface area contributed by atoms with Gasteiger partial charge in [0, 0.05) is 54.0 Å². The molecule has 0 aliphatic carbocycles. The lowest BCUT2D eigenvalue weighted by atomic mass is 9.90. The van der Waals surface area contributed by atoms with Crippen molar-refractivity contribution in [2.75, 3.05) is 39.6 Å². The zero-order valence-corrected chi connectivity index (χ0v) is 32.9. The fourth-order valence-electron chi connectivity index (χ4n) is 5.85. The third kappa shape index (κ3) is 15.9. The van der Waals surface area contributed by atoms with Crippen molar-refractivity contribution < 1.29 is 90.4 Å². The standard InChI is InChI=1S/C37H51NO19/c1-20-28(18-48-21(2)39)55-35(47-16-15-46-14-13-38-37(45)50-17-27-11-9-8-10-12-27)33(30(20)51-23(4)41)57-36-34(54-26(7)44)32(53-25(6)43)31(52-24(5)42)29(56-36)19-49-22(3)40/h8-12,20,28-36H,13-19H2,1-7H3,(H,38,45)/t20-,28+,29-,30+,31-,32+,33+,34+,35+,36-/m1/s1. The molecule has 0 radical (unpaired) electrons. The van der Waals surface area contributed by atoms with Gasteiger partial charge in [0.15, 0.2) is 30.9 Å². The van der Waals surface area contributed by atoms with Gasteiger partial charge >= 0.3 is 41.9 Å². The van der Waals surface area contributed by atoms with Crippen LogP contribution in [0.4, 0.5) is 4.79 Å². The molecule has 0 spiro atoms. The van der Waals surface area contributed by atoms with E-state index in [4.69, 9.17) is 56.8 Å². The summed E-state index contributed by atoms with van der Waals surface area (Å²) in [7, 11) is 0. The van der Waals surface area contributed by atoms with Crippen LogP contribution < -0.4 is 5.32 Å². The molecule has 2 saturated heterocycles. The maximum Gasteiger partial charge on any atom is 0.407 e. The first-order valence-corrected chi connectivity index (χ1v) is 18.1. The first-order chi connectivity index (χ1) is 27.0. The van der Waals surface area contributed by atoms with Crippen molar-refractivity contribution in [1.29, 1.82) is 0 Å². The summed E-state index contributed by atoms with van der Waals surface area (Å²) in [6.07, 6.45) is -13.2. The third-order valence-electron chi connectivity index (χ3n) is 8.24. The number of carbonyl (C=O) groups is 7. The van der Waals surface area contributed by atoms with E-state index in [0.29, 0.717) is 0 Å². The normalized spacial score (nSPS) is 26.9. The summed E-state index contributed by atoms with van der Waals surface area (Å²) in [5, 5.41) is 2.57. The predicted octanol–water partition coefficient (Wildman–Crippen LogP) is 1.27. The van der Waals surface area contributed by atoms with E-state index in [0.717, 1.165) is 40.2 Å². The van der Waals surface area contributed by atoms with Gasteiger partial charge in [-0.15, -0.1) is 0 Å². The number of carbonyl (C=O) groups excluding carboxylic acids is 7. The van der Waals surface area contributed by atoms with Crippen molar-refractivity contribution in [1.82, 2.24) is 5.32 Å². The van der Waals surface area contributed by atoms with Gasteiger partial charge in [-0.05, 0) is 5.56 Å². The van der Waals surface area contributed by atoms with E-state index in [-0.39, 0.29) is 39.6 Å². The maximum absolute atomic E-state index is 12.5. The molecule has 1 N–H and O–H groups in total. The zero-order valence-electron chi connectivity index (χ0n) is 32.9. The third-order valence-corrected chi connectivity index (χ3v) is 8.24. The first-order valence-electron chi connectivity index (χ1n) is 18.1. The van der Waals surface area contributed by atoms with Gasteiger partial charge in [-0.25, -0.2) is 4.79 Å². The average Bonchev–Trinajstić information content (AvgIpc) is 3.13. The van der Waals surface area contributed by atoms with E-state index in [1.54, 1.807) is 6.92 Å². The van der Waals surface area contributed by atoms with Crippen LogP contribution in [0.25, 0.3) is 0 Å². The second-order valence-electron chi connectivity index (χ2n) is 12.9. The number of hydrogen-bond donors (Lipinski definition) is 1. The molecule has 0 aromatic heterocycles. The minimum atomic E-state index is -1.69. The Kier molecular flexibility index (Phi) is 19.1. The van der Waals surface area contributed by atoms with Gasteiger partial charge in [0.1, 0.15) is 44.2 Å². The van der Waals surface area contributed by atoms with Crippen LogP contribution in [0.3, 0.4) is 0 Å². The molecule has 2 heterocycles. The minimum absolute atomic E-state index is 0.0330. The largest absolute Gasteiger partial charge is 0.463 e. The number of ether oxygens (including phenoxy) is 12. The molecule has 57 heavy (non-hydrogen) atoms. The summed E-state index contributed by atoms with van der Waals surface area (Å²) in [6.45, 7) is 7.65. The van der Waals surface area contributed by atoms with Crippen molar-refractivity contribution in [3.63, 3.8) is 0 Å². The fraction of sp³-hybridized carbons (Fsp3) is 0.649. The Bertz CT molecular complexity index is 1510. The van der Waals surface area contributed by atoms with Gasteiger partial charge in [0.2, 0.25) is 0 Å². The maximum atomic E-state index is 12.5. The fourth-order valence-corrected chi connectivity index (χ4v) is 5.85. The summed E-state index contributed by atoms with van der Waals surface area (Å²) in [5.74, 6) is -5.34. The summed E-state index contributed by atoms with van der Waals surface area (Å²) >= 11 is 0. The molecule has 2 fully saturated rings. The molecule has 2 aliphatic rings. The lowest BCUT2D eigenvalue weighted by Gasteiger charge is -2.48. The topological polar surface area (TPSA) is 242 Å². The van der Waals surface area contributed by atoms with Crippen molar-refractivity contribution in [3.05, 3.63) is 35.9 Å². The summed E-state index contributed by atoms with van der Waals surface area (Å²) in [6, 6.07) is 9.14. The van der Waals surface area contributed by atoms with Crippen LogP contribution in [0.2, 0.25) is 0 Å². The van der Waals surface area contributed by atoms with Crippen LogP contribution in [0.5, 0.6) is 0 Å². The Morgan fingerprint density at radius 1 is 0.579 bits per heavy atom. The Hall–Kier alpha value is -4.89. The van der Waals surface area contributed by atoms with Crippen LogP contribution in [0, 0.1) is 5.92 Å². The highest BCUT2D eigenvalue weighted by Gasteiger charge is 2.56. The van der Waals surface area contributed by atoms with Crippen LogP contribution >= 0.6 is 0 Å². The first kappa shape index (κ1) is 46.5. The van der Waals surface area contributed by atoms with Gasteiger partial charge in [-0.1, -0.05) is 37.3 Å². The van der Waals surface area contributed by atoms with Crippen LogP contribution in [0.15, 0.2) is 30.3 Å². The Balaban J connectivity index is 1.84. The minimum Gasteiger partial charge on any atom is -0.463 e. The highest BCUT2D eigenvalue weighted by molar-refractivity contribution is 5.69. The molecule has 2 aliphatic heterocycles. The Labute approximate surface area is 329 Å². The smallest absolute Gasteiger partial charge is 0.407 e. The molecule has 0 unspecified atom stereocenters. The molecular weight excluding hydrogens is 762 g/mol. The molecule has 1 aromatic rings. The molecule has 20 heteroatoms. The van der Waals surface area contributed by atoms with E-state index < -0.39 is 110 Å². The summed E-state index contributed by atoms with van der Waals surface area (Å²) in [5.41, 5.74) is 0.822. The number of alkyl carbamates (subject to hydrolysis) is 1. The monoisotopic (exact) mass is 813 g/mol. The molecule has 3 rings (SSSR count). The van der Waals surface area contributed by atoms with E-state index in [2.05, 4.69) is 5.32 Å². The molecule has 1 amide bonds. The quantitative estimate of drug-likeness (QED) is 0.117. The van der Waals surface area contributed by atoms with E-state index in [9.17, 15) is 33.6 Å². The van der Waals surface area contributed by atoms with Crippen molar-refractivity contribution in [2.24, 2.45) is 5.92 Å². The second-order valence-corrected chi connectivity index (χ2v) is 12.9. The van der Waals surface area contributed by atoms with Crippen LogP contribution in [0.1, 0.15) is 54.0 Å². The number of amides is 1. The Morgan fingerprint density at radius 2 is 1.12 bits per heavy atom. The molecule has 0 bridgehead atoms. The number of rotatable bonds is 19. The average molecular weight is 814 g/mol. The van der Waals surface area contributed by atoms with Gasteiger partial charge in [0.05, 0.1) is 19.8 Å². The highest BCUT2D eigenvalue weighted by atomic mass is 16.8. The zero-order chi connectivity index (χ0) is 42.1. The molecule has 0 saturated carbocycles. The molecular formula is C37H51NO19. The van der Waals surface area contributed by atoms with Gasteiger partial charge < -0.3 is 62.2 Å². The number of hydrogen-bond acceptors (Lipinski definition) is 19. The van der Waals surface area contributed by atoms with Crippen molar-refractivity contribution in [3.8, 4) is 0 Å². The van der Waals surface area contributed by atoms with Crippen LogP contribution in [-0.4, -0.2) is 137 Å². The summed E-state index contributed by atoms with van der Waals surface area (Å²) < 4.78 is 68.0. The molecule has 10 atom stereocenters. The van der Waals surface area contributed by atoms with E-state index in [1.165, 1.54) is 6.92 Å².